The van der Waals surface area contributed by atoms with Crippen molar-refractivity contribution in [1.29, 1.82) is 0 Å². The standard InChI is InChI=1S/C7H8.2C6H5.Pt/c1-2-4-6-7-5-3-1;2*1-2-4-6-5-3-1;/h1-6H,7H2;2*1-5H;/q;2*-1;+2. The third-order valence-electron chi connectivity index (χ3n) is 2.09. The van der Waals surface area contributed by atoms with Crippen molar-refractivity contribution in [3.05, 3.63) is 109 Å². The molecule has 2 aromatic rings. The first-order chi connectivity index (χ1) is 9.50. The maximum absolute atomic E-state index is 2.89. The van der Waals surface area contributed by atoms with Gasteiger partial charge in [-0.2, -0.15) is 72.8 Å². The molecule has 0 amide bonds. The molecule has 0 saturated heterocycles. The van der Waals surface area contributed by atoms with Crippen molar-refractivity contribution < 1.29 is 21.1 Å². The van der Waals surface area contributed by atoms with E-state index in [-0.39, 0.29) is 21.1 Å². The minimum Gasteiger partial charge on any atom is -0.184 e. The zero-order valence-corrected chi connectivity index (χ0v) is 13.5. The van der Waals surface area contributed by atoms with Crippen molar-refractivity contribution in [3.8, 4) is 0 Å². The molecule has 1 heteroatoms. The smallest absolute Gasteiger partial charge is 0.184 e. The van der Waals surface area contributed by atoms with Gasteiger partial charge in [-0.3, -0.25) is 0 Å². The van der Waals surface area contributed by atoms with Crippen molar-refractivity contribution in [2.75, 3.05) is 0 Å². The average Bonchev–Trinajstić information content (AvgIpc) is 2.85. The number of allylic oxidation sites excluding steroid dienone is 6. The third kappa shape index (κ3) is 12.8. The summed E-state index contributed by atoms with van der Waals surface area (Å²) >= 11 is 0. The van der Waals surface area contributed by atoms with Crippen molar-refractivity contribution >= 4 is 0 Å². The van der Waals surface area contributed by atoms with Crippen LogP contribution in [0.1, 0.15) is 6.42 Å². The summed E-state index contributed by atoms with van der Waals surface area (Å²) in [5.74, 6) is 0. The summed E-state index contributed by atoms with van der Waals surface area (Å²) in [5, 5.41) is 0. The molecule has 0 aromatic heterocycles. The molecule has 0 aliphatic heterocycles. The molecule has 0 bridgehead atoms. The molecule has 0 saturated carbocycles. The second-order valence-electron chi connectivity index (χ2n) is 3.63. The average molecular weight is 441 g/mol. The monoisotopic (exact) mass is 441 g/mol. The molecule has 0 atom stereocenters. The van der Waals surface area contributed by atoms with Gasteiger partial charge < -0.3 is 0 Å². The first-order valence-electron chi connectivity index (χ1n) is 6.30. The topological polar surface area (TPSA) is 0 Å². The fourth-order valence-electron chi connectivity index (χ4n) is 1.20. The number of hydrogen-bond donors (Lipinski definition) is 0. The molecule has 1 aliphatic carbocycles. The van der Waals surface area contributed by atoms with Crippen LogP contribution in [-0.4, -0.2) is 0 Å². The van der Waals surface area contributed by atoms with Crippen LogP contribution in [0.15, 0.2) is 97.1 Å². The van der Waals surface area contributed by atoms with Gasteiger partial charge in [0.2, 0.25) is 0 Å². The van der Waals surface area contributed by atoms with Gasteiger partial charge in [0, 0.05) is 0 Å². The van der Waals surface area contributed by atoms with Crippen LogP contribution in [0.4, 0.5) is 0 Å². The van der Waals surface area contributed by atoms with Crippen LogP contribution in [0.5, 0.6) is 0 Å². The summed E-state index contributed by atoms with van der Waals surface area (Å²) in [6.07, 6.45) is 13.5. The Kier molecular flexibility index (Phi) is 14.1. The Hall–Kier alpha value is -1.65. The first-order valence-corrected chi connectivity index (χ1v) is 6.30. The second kappa shape index (κ2) is 15.4. The van der Waals surface area contributed by atoms with E-state index in [1.807, 2.05) is 72.8 Å². The molecule has 104 valence electrons. The minimum atomic E-state index is 0. The quantitative estimate of drug-likeness (QED) is 0.503. The van der Waals surface area contributed by atoms with Crippen LogP contribution in [0.3, 0.4) is 0 Å². The second-order valence-corrected chi connectivity index (χ2v) is 3.63. The maximum Gasteiger partial charge on any atom is 2.00 e. The van der Waals surface area contributed by atoms with Crippen LogP contribution in [0.2, 0.25) is 0 Å². The van der Waals surface area contributed by atoms with Crippen molar-refractivity contribution in [2.24, 2.45) is 0 Å². The molecule has 0 heterocycles. The normalized spacial score (nSPS) is 10.8. The van der Waals surface area contributed by atoms with Crippen molar-refractivity contribution in [3.63, 3.8) is 0 Å². The van der Waals surface area contributed by atoms with Crippen LogP contribution in [0, 0.1) is 12.1 Å². The van der Waals surface area contributed by atoms with E-state index >= 15 is 0 Å². The van der Waals surface area contributed by atoms with E-state index in [4.69, 9.17) is 0 Å². The summed E-state index contributed by atoms with van der Waals surface area (Å²) < 4.78 is 0. The van der Waals surface area contributed by atoms with Gasteiger partial charge in [0.15, 0.2) is 0 Å². The molecule has 1 aliphatic rings. The summed E-state index contributed by atoms with van der Waals surface area (Å²) in [4.78, 5) is 0. The minimum absolute atomic E-state index is 0. The van der Waals surface area contributed by atoms with E-state index in [1.54, 1.807) is 0 Å². The molecule has 2 aromatic carbocycles. The zero-order valence-electron chi connectivity index (χ0n) is 11.3. The predicted molar refractivity (Wildman–Crippen MR) is 82.6 cm³/mol. The summed E-state index contributed by atoms with van der Waals surface area (Å²) in [6.45, 7) is 0. The van der Waals surface area contributed by atoms with Gasteiger partial charge in [-0.1, -0.05) is 36.5 Å². The molecule has 0 fully saturated rings. The van der Waals surface area contributed by atoms with Gasteiger partial charge in [0.25, 0.3) is 0 Å². The number of rotatable bonds is 0. The van der Waals surface area contributed by atoms with E-state index < -0.39 is 0 Å². The summed E-state index contributed by atoms with van der Waals surface area (Å²) in [5.41, 5.74) is 0. The molecular formula is C19H18Pt. The molecule has 0 N–H and O–H groups in total. The van der Waals surface area contributed by atoms with E-state index in [9.17, 15) is 0 Å². The Balaban J connectivity index is 0.000000265. The van der Waals surface area contributed by atoms with Crippen molar-refractivity contribution in [2.45, 2.75) is 6.42 Å². The Morgan fingerprint density at radius 3 is 1.15 bits per heavy atom. The van der Waals surface area contributed by atoms with Crippen LogP contribution in [0.25, 0.3) is 0 Å². The van der Waals surface area contributed by atoms with Gasteiger partial charge >= 0.3 is 21.1 Å². The first kappa shape index (κ1) is 18.3. The Morgan fingerprint density at radius 1 is 0.500 bits per heavy atom. The number of hydrogen-bond acceptors (Lipinski definition) is 0. The third-order valence-corrected chi connectivity index (χ3v) is 2.09. The van der Waals surface area contributed by atoms with Gasteiger partial charge in [0.05, 0.1) is 0 Å². The van der Waals surface area contributed by atoms with Crippen molar-refractivity contribution in [1.82, 2.24) is 0 Å². The molecule has 0 unspecified atom stereocenters. The van der Waals surface area contributed by atoms with Crippen LogP contribution < -0.4 is 0 Å². The fraction of sp³-hybridized carbons (Fsp3) is 0.0526. The summed E-state index contributed by atoms with van der Waals surface area (Å²) in [7, 11) is 0. The Bertz CT molecular complexity index is 371. The van der Waals surface area contributed by atoms with E-state index in [2.05, 4.69) is 36.4 Å². The number of benzene rings is 2. The molecule has 0 radical (unpaired) electrons. The van der Waals surface area contributed by atoms with Crippen LogP contribution >= 0.6 is 0 Å². The summed E-state index contributed by atoms with van der Waals surface area (Å²) in [6, 6.07) is 25.0. The molecule has 0 spiro atoms. The van der Waals surface area contributed by atoms with E-state index in [1.165, 1.54) is 0 Å². The van der Waals surface area contributed by atoms with Gasteiger partial charge in [-0.15, -0.1) is 0 Å². The zero-order chi connectivity index (χ0) is 13.4. The SMILES string of the molecule is C1=CC=CCC=C1.[Pt+2].[c-]1ccccc1.[c-]1ccccc1. The van der Waals surface area contributed by atoms with Gasteiger partial charge in [0.1, 0.15) is 0 Å². The van der Waals surface area contributed by atoms with E-state index in [0.717, 1.165) is 6.42 Å². The molecule has 3 rings (SSSR count). The van der Waals surface area contributed by atoms with Gasteiger partial charge in [-0.25, -0.2) is 0 Å². The molecular weight excluding hydrogens is 423 g/mol. The van der Waals surface area contributed by atoms with Gasteiger partial charge in [-0.05, 0) is 6.42 Å². The Morgan fingerprint density at radius 2 is 0.900 bits per heavy atom. The largest absolute Gasteiger partial charge is 2.00 e. The molecule has 0 nitrogen and oxygen atoms in total. The fourth-order valence-corrected chi connectivity index (χ4v) is 1.20. The Labute approximate surface area is 136 Å². The molecule has 20 heavy (non-hydrogen) atoms. The van der Waals surface area contributed by atoms with E-state index in [0.29, 0.717) is 0 Å². The predicted octanol–water partition coefficient (Wildman–Crippen LogP) is 5.03. The maximum atomic E-state index is 2.89. The van der Waals surface area contributed by atoms with Crippen LogP contribution in [-0.2, 0) is 21.1 Å².